The summed E-state index contributed by atoms with van der Waals surface area (Å²) in [6.45, 7) is 5.76. The minimum atomic E-state index is -0.491. The molecule has 2 rings (SSSR count). The van der Waals surface area contributed by atoms with Gasteiger partial charge in [0.15, 0.2) is 5.96 Å². The number of methoxy groups -OCH3 is 1. The molecule has 0 unspecified atom stereocenters. The first-order valence-corrected chi connectivity index (χ1v) is 9.36. The Hall–Kier alpha value is -2.77. The Morgan fingerprint density at radius 3 is 2.67 bits per heavy atom. The third kappa shape index (κ3) is 7.16. The quantitative estimate of drug-likeness (QED) is 0.367. The minimum Gasteiger partial charge on any atom is -0.453 e. The zero-order valence-corrected chi connectivity index (χ0v) is 16.1. The summed E-state index contributed by atoms with van der Waals surface area (Å²) < 4.78 is 4.57. The summed E-state index contributed by atoms with van der Waals surface area (Å²) in [5.74, 6) is 1.02. The highest BCUT2D eigenvalue weighted by Gasteiger charge is 2.18. The van der Waals surface area contributed by atoms with Gasteiger partial charge in [0.05, 0.1) is 13.7 Å². The Balaban J connectivity index is 1.78. The smallest absolute Gasteiger partial charge is 0.411 e. The fourth-order valence-electron chi connectivity index (χ4n) is 2.79. The molecule has 27 heavy (non-hydrogen) atoms. The van der Waals surface area contributed by atoms with E-state index >= 15 is 0 Å². The van der Waals surface area contributed by atoms with Crippen LogP contribution in [0.3, 0.4) is 0 Å². The van der Waals surface area contributed by atoms with Crippen molar-refractivity contribution in [1.82, 2.24) is 15.5 Å². The van der Waals surface area contributed by atoms with Crippen molar-refractivity contribution in [3.63, 3.8) is 0 Å². The predicted molar refractivity (Wildman–Crippen MR) is 106 cm³/mol. The molecule has 0 saturated carbocycles. The molecule has 8 heteroatoms. The molecule has 1 fully saturated rings. The van der Waals surface area contributed by atoms with Crippen LogP contribution in [0.1, 0.15) is 31.7 Å². The number of hydrogen-bond donors (Lipinski definition) is 3. The van der Waals surface area contributed by atoms with E-state index < -0.39 is 6.09 Å². The fraction of sp³-hybridized carbons (Fsp3) is 0.526. The Bertz CT molecular complexity index is 645. The first kappa shape index (κ1) is 20.5. The number of benzene rings is 1. The van der Waals surface area contributed by atoms with Gasteiger partial charge in [0, 0.05) is 38.3 Å². The lowest BCUT2D eigenvalue weighted by Crippen LogP contribution is -2.39. The van der Waals surface area contributed by atoms with Crippen LogP contribution in [0.5, 0.6) is 0 Å². The van der Waals surface area contributed by atoms with E-state index in [1.807, 2.05) is 36.1 Å². The number of anilines is 1. The number of carbonyl (C=O) groups is 2. The van der Waals surface area contributed by atoms with E-state index in [0.717, 1.165) is 50.5 Å². The molecule has 0 atom stereocenters. The van der Waals surface area contributed by atoms with Crippen LogP contribution in [0.2, 0.25) is 0 Å². The maximum Gasteiger partial charge on any atom is 0.411 e. The molecule has 3 N–H and O–H groups in total. The molecule has 0 bridgehead atoms. The number of nitrogens with one attached hydrogen (secondary N) is 3. The summed E-state index contributed by atoms with van der Waals surface area (Å²) >= 11 is 0. The molecule has 0 spiro atoms. The minimum absolute atomic E-state index is 0.265. The molecule has 1 aliphatic heterocycles. The Morgan fingerprint density at radius 1 is 1.26 bits per heavy atom. The van der Waals surface area contributed by atoms with Crippen molar-refractivity contribution >= 4 is 23.6 Å². The maximum absolute atomic E-state index is 11.6. The number of likely N-dealkylation sites (tertiary alicyclic amines) is 1. The number of rotatable bonds is 8. The zero-order chi connectivity index (χ0) is 19.5. The molecular weight excluding hydrogens is 346 g/mol. The predicted octanol–water partition coefficient (Wildman–Crippen LogP) is 1.93. The van der Waals surface area contributed by atoms with Crippen molar-refractivity contribution in [3.05, 3.63) is 29.8 Å². The molecular formula is C19H29N5O3. The van der Waals surface area contributed by atoms with E-state index in [9.17, 15) is 9.59 Å². The molecule has 1 aliphatic rings. The summed E-state index contributed by atoms with van der Waals surface area (Å²) in [5, 5.41) is 9.14. The number of hydrogen-bond acceptors (Lipinski definition) is 4. The van der Waals surface area contributed by atoms with Crippen LogP contribution in [-0.2, 0) is 16.1 Å². The van der Waals surface area contributed by atoms with E-state index in [0.29, 0.717) is 18.7 Å². The average Bonchev–Trinajstić information content (AvgIpc) is 3.09. The number of guanidine groups is 1. The van der Waals surface area contributed by atoms with Gasteiger partial charge in [-0.2, -0.15) is 0 Å². The van der Waals surface area contributed by atoms with E-state index in [2.05, 4.69) is 25.7 Å². The molecule has 2 amide bonds. The lowest BCUT2D eigenvalue weighted by molar-refractivity contribution is -0.127. The van der Waals surface area contributed by atoms with Gasteiger partial charge in [-0.25, -0.2) is 9.79 Å². The summed E-state index contributed by atoms with van der Waals surface area (Å²) in [6.07, 6.45) is 2.06. The highest BCUT2D eigenvalue weighted by Crippen LogP contribution is 2.11. The second kappa shape index (κ2) is 11.1. The van der Waals surface area contributed by atoms with Gasteiger partial charge in [0.25, 0.3) is 0 Å². The van der Waals surface area contributed by atoms with Crippen molar-refractivity contribution in [2.24, 2.45) is 4.99 Å². The molecule has 0 radical (unpaired) electrons. The molecule has 148 valence electrons. The molecule has 1 aromatic carbocycles. The van der Waals surface area contributed by atoms with Crippen molar-refractivity contribution in [3.8, 4) is 0 Å². The summed E-state index contributed by atoms with van der Waals surface area (Å²) in [5.41, 5.74) is 1.71. The van der Waals surface area contributed by atoms with Crippen molar-refractivity contribution in [2.75, 3.05) is 38.6 Å². The van der Waals surface area contributed by atoms with Crippen LogP contribution in [0.25, 0.3) is 0 Å². The second-order valence-electron chi connectivity index (χ2n) is 6.27. The molecule has 0 aliphatic carbocycles. The Labute approximate surface area is 160 Å². The molecule has 8 nitrogen and oxygen atoms in total. The molecule has 0 aromatic heterocycles. The Kier molecular flexibility index (Phi) is 8.41. The van der Waals surface area contributed by atoms with Gasteiger partial charge in [0.2, 0.25) is 5.91 Å². The number of carbonyl (C=O) groups excluding carboxylic acids is 2. The monoisotopic (exact) mass is 375 g/mol. The highest BCUT2D eigenvalue weighted by atomic mass is 16.5. The number of nitrogens with zero attached hydrogens (tertiary/aromatic N) is 2. The number of ether oxygens (including phenoxy) is 1. The van der Waals surface area contributed by atoms with Gasteiger partial charge in [-0.15, -0.1) is 0 Å². The summed E-state index contributed by atoms with van der Waals surface area (Å²) in [4.78, 5) is 29.3. The largest absolute Gasteiger partial charge is 0.453 e. The van der Waals surface area contributed by atoms with Gasteiger partial charge < -0.3 is 20.3 Å². The first-order chi connectivity index (χ1) is 13.1. The third-order valence-corrected chi connectivity index (χ3v) is 4.22. The van der Waals surface area contributed by atoms with Crippen LogP contribution in [0.4, 0.5) is 10.5 Å². The van der Waals surface area contributed by atoms with Gasteiger partial charge in [-0.1, -0.05) is 12.1 Å². The summed E-state index contributed by atoms with van der Waals surface area (Å²) in [7, 11) is 1.33. The third-order valence-electron chi connectivity index (χ3n) is 4.22. The van der Waals surface area contributed by atoms with E-state index in [-0.39, 0.29) is 5.91 Å². The van der Waals surface area contributed by atoms with Gasteiger partial charge >= 0.3 is 6.09 Å². The summed E-state index contributed by atoms with van der Waals surface area (Å²) in [6, 6.07) is 7.46. The van der Waals surface area contributed by atoms with Crippen LogP contribution in [0.15, 0.2) is 29.3 Å². The topological polar surface area (TPSA) is 95.1 Å². The average molecular weight is 375 g/mol. The van der Waals surface area contributed by atoms with Crippen LogP contribution < -0.4 is 16.0 Å². The van der Waals surface area contributed by atoms with Gasteiger partial charge in [-0.3, -0.25) is 10.1 Å². The van der Waals surface area contributed by atoms with E-state index in [1.165, 1.54) is 7.11 Å². The van der Waals surface area contributed by atoms with E-state index in [4.69, 9.17) is 0 Å². The lowest BCUT2D eigenvalue weighted by atomic mass is 10.2. The molecule has 1 heterocycles. The van der Waals surface area contributed by atoms with Crippen molar-refractivity contribution in [1.29, 1.82) is 0 Å². The lowest BCUT2D eigenvalue weighted by Gasteiger charge is -2.16. The standard InChI is InChI=1S/C19H29N5O3/c1-3-20-18(21-11-5-13-24-12-4-6-17(24)25)22-14-15-7-9-16(10-8-15)23-19(26)27-2/h7-10H,3-6,11-14H2,1-2H3,(H,23,26)(H2,20,21,22). The second-order valence-corrected chi connectivity index (χ2v) is 6.27. The first-order valence-electron chi connectivity index (χ1n) is 9.36. The molecule has 1 aromatic rings. The normalized spacial score (nSPS) is 14.2. The SMILES string of the molecule is CCNC(=NCc1ccc(NC(=O)OC)cc1)NCCCN1CCCC1=O. The van der Waals surface area contributed by atoms with Crippen LogP contribution in [-0.4, -0.2) is 56.1 Å². The van der Waals surface area contributed by atoms with Crippen LogP contribution in [0, 0.1) is 0 Å². The fourth-order valence-corrected chi connectivity index (χ4v) is 2.79. The van der Waals surface area contributed by atoms with Gasteiger partial charge in [-0.05, 0) is 37.5 Å². The number of aliphatic imine (C=N–C) groups is 1. The van der Waals surface area contributed by atoms with E-state index in [1.54, 1.807) is 0 Å². The van der Waals surface area contributed by atoms with Gasteiger partial charge in [0.1, 0.15) is 0 Å². The molecule has 1 saturated heterocycles. The van der Waals surface area contributed by atoms with Crippen molar-refractivity contribution in [2.45, 2.75) is 32.7 Å². The zero-order valence-electron chi connectivity index (χ0n) is 16.1. The number of amides is 2. The van der Waals surface area contributed by atoms with Crippen LogP contribution >= 0.6 is 0 Å². The Morgan fingerprint density at radius 2 is 2.04 bits per heavy atom. The maximum atomic E-state index is 11.6. The highest BCUT2D eigenvalue weighted by molar-refractivity contribution is 5.84. The van der Waals surface area contributed by atoms with Crippen molar-refractivity contribution < 1.29 is 14.3 Å².